The Morgan fingerprint density at radius 2 is 1.72 bits per heavy atom. The lowest BCUT2D eigenvalue weighted by Crippen LogP contribution is -2.24. The number of amides is 1. The van der Waals surface area contributed by atoms with Crippen LogP contribution in [-0.4, -0.2) is 62.9 Å². The summed E-state index contributed by atoms with van der Waals surface area (Å²) in [6.07, 6.45) is 1.74. The molecule has 0 saturated carbocycles. The number of ketones is 1. The Labute approximate surface area is 258 Å². The summed E-state index contributed by atoms with van der Waals surface area (Å²) in [5, 5.41) is 1.24. The SMILES string of the molecule is CCOC(=O)CCC(=O)c1cc2cc(OCCCOc3c(OC)cc4c(c3Cl)CN(C(=O)CCC=O)C4)c(OC)cc2s1. The minimum atomic E-state index is -0.388. The van der Waals surface area contributed by atoms with Gasteiger partial charge in [-0.2, -0.15) is 0 Å². The number of thiophene rings is 1. The number of benzene rings is 2. The highest BCUT2D eigenvalue weighted by molar-refractivity contribution is 7.20. The van der Waals surface area contributed by atoms with Gasteiger partial charge in [0.1, 0.15) is 6.29 Å². The maximum absolute atomic E-state index is 12.6. The first-order valence-electron chi connectivity index (χ1n) is 13.9. The maximum atomic E-state index is 12.6. The first-order chi connectivity index (χ1) is 20.8. The molecule has 0 radical (unpaired) electrons. The molecule has 230 valence electrons. The molecule has 0 spiro atoms. The Balaban J connectivity index is 1.35. The summed E-state index contributed by atoms with van der Waals surface area (Å²) in [5.74, 6) is 1.34. The van der Waals surface area contributed by atoms with E-state index in [1.807, 2.05) is 18.2 Å². The van der Waals surface area contributed by atoms with Gasteiger partial charge in [-0.1, -0.05) is 11.6 Å². The van der Waals surface area contributed by atoms with Gasteiger partial charge in [-0.15, -0.1) is 11.3 Å². The van der Waals surface area contributed by atoms with E-state index in [0.29, 0.717) is 65.6 Å². The third kappa shape index (κ3) is 7.77. The molecule has 10 nitrogen and oxygen atoms in total. The molecule has 2 aromatic carbocycles. The van der Waals surface area contributed by atoms with Crippen molar-refractivity contribution >= 4 is 57.0 Å². The van der Waals surface area contributed by atoms with E-state index in [9.17, 15) is 19.2 Å². The highest BCUT2D eigenvalue weighted by atomic mass is 35.5. The summed E-state index contributed by atoms with van der Waals surface area (Å²) >= 11 is 8.04. The van der Waals surface area contributed by atoms with Gasteiger partial charge < -0.3 is 33.4 Å². The van der Waals surface area contributed by atoms with Crippen molar-refractivity contribution in [3.63, 3.8) is 0 Å². The molecular weight excluding hydrogens is 598 g/mol. The minimum absolute atomic E-state index is 0.0454. The number of hydrogen-bond donors (Lipinski definition) is 0. The lowest BCUT2D eigenvalue weighted by atomic mass is 10.1. The average molecular weight is 632 g/mol. The second-order valence-electron chi connectivity index (χ2n) is 9.74. The number of ether oxygens (including phenoxy) is 5. The normalized spacial score (nSPS) is 12.1. The number of hydrogen-bond acceptors (Lipinski definition) is 10. The van der Waals surface area contributed by atoms with Gasteiger partial charge in [0.25, 0.3) is 0 Å². The fraction of sp³-hybridized carbons (Fsp3) is 0.419. The van der Waals surface area contributed by atoms with Gasteiger partial charge in [0, 0.05) is 49.5 Å². The van der Waals surface area contributed by atoms with Crippen LogP contribution in [-0.2, 0) is 32.2 Å². The molecule has 0 saturated heterocycles. The van der Waals surface area contributed by atoms with Crippen molar-refractivity contribution in [2.24, 2.45) is 0 Å². The Morgan fingerprint density at radius 3 is 2.44 bits per heavy atom. The standard InChI is InChI=1S/C31H34ClNO9S/c1-4-40-29(37)9-8-22(35)27-15-19-13-24(23(38-2)16-26(19)43-27)41-11-6-12-42-31-25(39-3)14-20-17-33(18-21(20)30(31)32)28(36)7-5-10-34/h10,13-16H,4-9,11-12,17-18H2,1-3H3. The van der Waals surface area contributed by atoms with Crippen LogP contribution in [0, 0.1) is 0 Å². The molecule has 0 aliphatic carbocycles. The third-order valence-electron chi connectivity index (χ3n) is 6.87. The van der Waals surface area contributed by atoms with Crippen LogP contribution >= 0.6 is 22.9 Å². The van der Waals surface area contributed by atoms with Crippen LogP contribution in [0.4, 0.5) is 0 Å². The molecule has 12 heteroatoms. The number of aldehydes is 1. The second-order valence-corrected chi connectivity index (χ2v) is 11.2. The van der Waals surface area contributed by atoms with Gasteiger partial charge in [-0.3, -0.25) is 14.4 Å². The molecule has 0 N–H and O–H groups in total. The zero-order valence-corrected chi connectivity index (χ0v) is 25.9. The first kappa shape index (κ1) is 32.1. The number of carbonyl (C=O) groups excluding carboxylic acids is 4. The number of nitrogens with zero attached hydrogens (tertiary/aromatic N) is 1. The molecule has 43 heavy (non-hydrogen) atoms. The molecular formula is C31H34ClNO9S. The lowest BCUT2D eigenvalue weighted by Gasteiger charge is -2.16. The van der Waals surface area contributed by atoms with Gasteiger partial charge in [0.2, 0.25) is 5.91 Å². The van der Waals surface area contributed by atoms with E-state index < -0.39 is 0 Å². The van der Waals surface area contributed by atoms with Crippen molar-refractivity contribution in [1.29, 1.82) is 0 Å². The van der Waals surface area contributed by atoms with E-state index in [4.69, 9.17) is 35.3 Å². The summed E-state index contributed by atoms with van der Waals surface area (Å²) in [6.45, 7) is 3.37. The quantitative estimate of drug-likeness (QED) is 0.0840. The zero-order valence-electron chi connectivity index (χ0n) is 24.4. The fourth-order valence-corrected chi connectivity index (χ4v) is 6.08. The van der Waals surface area contributed by atoms with Crippen LogP contribution in [0.1, 0.15) is 59.8 Å². The predicted octanol–water partition coefficient (Wildman–Crippen LogP) is 5.77. The van der Waals surface area contributed by atoms with Gasteiger partial charge in [0.05, 0.1) is 50.4 Å². The van der Waals surface area contributed by atoms with Crippen molar-refractivity contribution in [2.45, 2.75) is 52.1 Å². The molecule has 0 unspecified atom stereocenters. The predicted molar refractivity (Wildman–Crippen MR) is 162 cm³/mol. The number of esters is 1. The van der Waals surface area contributed by atoms with E-state index in [-0.39, 0.29) is 49.9 Å². The van der Waals surface area contributed by atoms with Crippen LogP contribution in [0.15, 0.2) is 24.3 Å². The largest absolute Gasteiger partial charge is 0.493 e. The van der Waals surface area contributed by atoms with E-state index in [1.54, 1.807) is 25.0 Å². The smallest absolute Gasteiger partial charge is 0.306 e. The molecule has 1 amide bonds. The molecule has 4 rings (SSSR count). The maximum Gasteiger partial charge on any atom is 0.306 e. The van der Waals surface area contributed by atoms with Crippen LogP contribution in [0.2, 0.25) is 5.02 Å². The van der Waals surface area contributed by atoms with Crippen molar-refractivity contribution in [3.05, 3.63) is 45.3 Å². The van der Waals surface area contributed by atoms with E-state index in [2.05, 4.69) is 0 Å². The average Bonchev–Trinajstić information content (AvgIpc) is 3.63. The Morgan fingerprint density at radius 1 is 0.953 bits per heavy atom. The monoisotopic (exact) mass is 631 g/mol. The summed E-state index contributed by atoms with van der Waals surface area (Å²) in [5.41, 5.74) is 1.69. The van der Waals surface area contributed by atoms with E-state index in [0.717, 1.165) is 27.5 Å². The Hall–Kier alpha value is -3.83. The topological polar surface area (TPSA) is 118 Å². The second kappa shape index (κ2) is 15.1. The van der Waals surface area contributed by atoms with Crippen molar-refractivity contribution in [3.8, 4) is 23.0 Å². The number of halogens is 1. The third-order valence-corrected chi connectivity index (χ3v) is 8.41. The Bertz CT molecular complexity index is 1500. The highest BCUT2D eigenvalue weighted by Gasteiger charge is 2.29. The van der Waals surface area contributed by atoms with Crippen LogP contribution in [0.5, 0.6) is 23.0 Å². The van der Waals surface area contributed by atoms with Gasteiger partial charge in [0.15, 0.2) is 28.8 Å². The summed E-state index contributed by atoms with van der Waals surface area (Å²) in [7, 11) is 3.08. The van der Waals surface area contributed by atoms with Gasteiger partial charge >= 0.3 is 5.97 Å². The molecule has 1 aromatic heterocycles. The number of rotatable bonds is 16. The zero-order chi connectivity index (χ0) is 30.9. The van der Waals surface area contributed by atoms with Crippen LogP contribution < -0.4 is 18.9 Å². The number of fused-ring (bicyclic) bond motifs is 2. The van der Waals surface area contributed by atoms with Crippen LogP contribution in [0.25, 0.3) is 10.1 Å². The number of carbonyl (C=O) groups is 4. The van der Waals surface area contributed by atoms with E-state index in [1.165, 1.54) is 18.4 Å². The van der Waals surface area contributed by atoms with Gasteiger partial charge in [-0.05, 0) is 41.6 Å². The molecule has 0 atom stereocenters. The summed E-state index contributed by atoms with van der Waals surface area (Å²) in [4.78, 5) is 49.5. The van der Waals surface area contributed by atoms with Gasteiger partial charge in [-0.25, -0.2) is 0 Å². The Kier molecular flexibility index (Phi) is 11.2. The molecule has 3 aromatic rings. The van der Waals surface area contributed by atoms with Crippen LogP contribution in [0.3, 0.4) is 0 Å². The summed E-state index contributed by atoms with van der Waals surface area (Å²) < 4.78 is 28.8. The highest BCUT2D eigenvalue weighted by Crippen LogP contribution is 2.43. The van der Waals surface area contributed by atoms with E-state index >= 15 is 0 Å². The van der Waals surface area contributed by atoms with Crippen molar-refractivity contribution in [2.75, 3.05) is 34.0 Å². The van der Waals surface area contributed by atoms with Crippen molar-refractivity contribution in [1.82, 2.24) is 4.90 Å². The molecule has 0 bridgehead atoms. The molecule has 1 aliphatic rings. The lowest BCUT2D eigenvalue weighted by molar-refractivity contribution is -0.143. The number of Topliss-reactive ketones (excluding diaryl/α,β-unsaturated/α-hetero) is 1. The molecule has 2 heterocycles. The number of methoxy groups -OCH3 is 2. The molecule has 0 fully saturated rings. The first-order valence-corrected chi connectivity index (χ1v) is 15.1. The van der Waals surface area contributed by atoms with Crippen molar-refractivity contribution < 1.29 is 42.9 Å². The molecule has 1 aliphatic heterocycles. The summed E-state index contributed by atoms with van der Waals surface area (Å²) in [6, 6.07) is 7.28. The fourth-order valence-electron chi connectivity index (χ4n) is 4.71. The minimum Gasteiger partial charge on any atom is -0.493 e.